The van der Waals surface area contributed by atoms with Gasteiger partial charge in [-0.25, -0.2) is 21.5 Å². The Labute approximate surface area is 182 Å². The summed E-state index contributed by atoms with van der Waals surface area (Å²) in [6.07, 6.45) is 7.56. The lowest BCUT2D eigenvalue weighted by Crippen LogP contribution is -2.51. The monoisotopic (exact) mass is 411 g/mol. The van der Waals surface area contributed by atoms with E-state index in [2.05, 4.69) is 44.5 Å². The lowest BCUT2D eigenvalue weighted by atomic mass is 9.56. The van der Waals surface area contributed by atoms with Crippen molar-refractivity contribution in [1.29, 1.82) is 0 Å². The molecule has 156 valence electrons. The van der Waals surface area contributed by atoms with Crippen LogP contribution in [0, 0.1) is 25.3 Å². The molecule has 0 N–H and O–H groups in total. The van der Waals surface area contributed by atoms with Crippen LogP contribution in [0.2, 0.25) is 0 Å². The molecule has 0 radical (unpaired) electrons. The molecule has 3 aromatic rings. The van der Waals surface area contributed by atoms with Crippen LogP contribution in [-0.2, 0) is 16.6 Å². The highest BCUT2D eigenvalue weighted by molar-refractivity contribution is 5.89. The van der Waals surface area contributed by atoms with Gasteiger partial charge in [0.15, 0.2) is 0 Å². The van der Waals surface area contributed by atoms with Crippen LogP contribution in [0.5, 0.6) is 0 Å². The number of carbonyl (C=O) groups is 1. The average molecular weight is 412 g/mol. The van der Waals surface area contributed by atoms with Crippen LogP contribution in [0.3, 0.4) is 0 Å². The first kappa shape index (κ1) is 19.6. The van der Waals surface area contributed by atoms with Crippen LogP contribution in [-0.4, -0.2) is 31.3 Å². The van der Waals surface area contributed by atoms with Crippen LogP contribution in [0.4, 0.5) is 0 Å². The molecule has 0 amide bonds. The van der Waals surface area contributed by atoms with E-state index in [1.54, 1.807) is 0 Å². The zero-order valence-corrected chi connectivity index (χ0v) is 18.0. The Morgan fingerprint density at radius 1 is 1.23 bits per heavy atom. The van der Waals surface area contributed by atoms with Gasteiger partial charge in [-0.3, -0.25) is 4.79 Å². The van der Waals surface area contributed by atoms with E-state index in [0.29, 0.717) is 6.42 Å². The van der Waals surface area contributed by atoms with Crippen molar-refractivity contribution in [3.05, 3.63) is 71.6 Å². The summed E-state index contributed by atoms with van der Waals surface area (Å²) in [7, 11) is 0. The number of carbonyl (C=O) groups excluding carboxylic acids is 1. The largest absolute Gasteiger partial charge is 0.305 e. The van der Waals surface area contributed by atoms with Crippen molar-refractivity contribution in [3.63, 3.8) is 0 Å². The predicted molar refractivity (Wildman–Crippen MR) is 118 cm³/mol. The van der Waals surface area contributed by atoms with Gasteiger partial charge in [0, 0.05) is 47.1 Å². The molecule has 0 saturated heterocycles. The fraction of sp³-hybridized carbons (Fsp3) is 0.400. The van der Waals surface area contributed by atoms with Crippen molar-refractivity contribution < 1.29 is 4.79 Å². The molecule has 1 unspecified atom stereocenters. The van der Waals surface area contributed by atoms with E-state index in [0.717, 1.165) is 41.2 Å². The van der Waals surface area contributed by atoms with Crippen LogP contribution >= 0.6 is 0 Å². The molecule has 2 aliphatic carbocycles. The van der Waals surface area contributed by atoms with Gasteiger partial charge in [0.1, 0.15) is 12.2 Å². The second-order valence-electron chi connectivity index (χ2n) is 9.07. The highest BCUT2D eigenvalue weighted by Crippen LogP contribution is 2.51. The second kappa shape index (κ2) is 7.12. The van der Waals surface area contributed by atoms with Crippen molar-refractivity contribution in [2.24, 2.45) is 11.8 Å². The Morgan fingerprint density at radius 3 is 2.74 bits per heavy atom. The number of ketones is 1. The molecule has 2 aromatic heterocycles. The molecule has 2 aliphatic rings. The first-order chi connectivity index (χ1) is 14.9. The summed E-state index contributed by atoms with van der Waals surface area (Å²) >= 11 is 0. The van der Waals surface area contributed by atoms with Crippen molar-refractivity contribution in [1.82, 2.24) is 19.5 Å². The molecule has 1 aromatic carbocycles. The Balaban J connectivity index is 1.62. The number of nitrogens with zero attached hydrogens (tertiary/aromatic N) is 5. The fourth-order valence-corrected chi connectivity index (χ4v) is 5.83. The SMILES string of the molecule is [C-]#[N+]C1C[C@]2(C)c3nc(C)n(-c4cccc(-c5cncnc5)c4)c3CC[C@H]2[C@H](C)C1=O. The minimum atomic E-state index is -0.561. The zero-order chi connectivity index (χ0) is 21.8. The number of imidazole rings is 1. The van der Waals surface area contributed by atoms with E-state index in [9.17, 15) is 4.79 Å². The highest BCUT2D eigenvalue weighted by atomic mass is 16.1. The first-order valence-electron chi connectivity index (χ1n) is 10.8. The van der Waals surface area contributed by atoms with Gasteiger partial charge >= 0.3 is 0 Å². The Hall–Kier alpha value is -3.33. The second-order valence-corrected chi connectivity index (χ2v) is 9.07. The minimum absolute atomic E-state index is 0.0992. The Bertz CT molecular complexity index is 1210. The molecule has 2 heterocycles. The van der Waals surface area contributed by atoms with Crippen molar-refractivity contribution in [2.75, 3.05) is 0 Å². The molecule has 1 fully saturated rings. The van der Waals surface area contributed by atoms with Crippen molar-refractivity contribution in [3.8, 4) is 16.8 Å². The average Bonchev–Trinajstić information content (AvgIpc) is 3.14. The third-order valence-corrected chi connectivity index (χ3v) is 7.34. The Morgan fingerprint density at radius 2 is 2.00 bits per heavy atom. The van der Waals surface area contributed by atoms with Gasteiger partial charge < -0.3 is 9.41 Å². The lowest BCUT2D eigenvalue weighted by molar-refractivity contribution is -0.129. The maximum absolute atomic E-state index is 12.7. The summed E-state index contributed by atoms with van der Waals surface area (Å²) < 4.78 is 2.25. The molecule has 0 spiro atoms. The van der Waals surface area contributed by atoms with Crippen LogP contribution in [0.25, 0.3) is 21.7 Å². The molecule has 0 bridgehead atoms. The number of aryl methyl sites for hydroxylation is 1. The number of aromatic nitrogens is 4. The van der Waals surface area contributed by atoms with Gasteiger partial charge in [0.25, 0.3) is 6.04 Å². The summed E-state index contributed by atoms with van der Waals surface area (Å²) in [5.41, 5.74) is 5.13. The number of benzene rings is 1. The molecule has 6 heteroatoms. The summed E-state index contributed by atoms with van der Waals surface area (Å²) in [6, 6.07) is 7.80. The van der Waals surface area contributed by atoms with Crippen LogP contribution in [0.1, 0.15) is 43.9 Å². The molecular weight excluding hydrogens is 386 g/mol. The molecular formula is C25H25N5O. The maximum Gasteiger partial charge on any atom is 0.282 e. The van der Waals surface area contributed by atoms with E-state index in [4.69, 9.17) is 11.6 Å². The molecule has 31 heavy (non-hydrogen) atoms. The van der Waals surface area contributed by atoms with E-state index >= 15 is 0 Å². The number of hydrogen-bond acceptors (Lipinski definition) is 4. The third kappa shape index (κ3) is 2.91. The van der Waals surface area contributed by atoms with E-state index in [1.165, 1.54) is 12.0 Å². The van der Waals surface area contributed by atoms with Gasteiger partial charge in [0.2, 0.25) is 5.78 Å². The fourth-order valence-electron chi connectivity index (χ4n) is 5.83. The summed E-state index contributed by atoms with van der Waals surface area (Å²) in [5.74, 6) is 1.19. The summed E-state index contributed by atoms with van der Waals surface area (Å²) in [4.78, 5) is 29.7. The normalized spacial score (nSPS) is 27.3. The van der Waals surface area contributed by atoms with Crippen LogP contribution < -0.4 is 0 Å². The lowest BCUT2D eigenvalue weighted by Gasteiger charge is -2.46. The molecule has 6 nitrogen and oxygen atoms in total. The van der Waals surface area contributed by atoms with Crippen LogP contribution in [0.15, 0.2) is 43.0 Å². The molecule has 4 atom stereocenters. The van der Waals surface area contributed by atoms with Gasteiger partial charge in [0.05, 0.1) is 5.69 Å². The van der Waals surface area contributed by atoms with Gasteiger partial charge in [-0.2, -0.15) is 0 Å². The maximum atomic E-state index is 12.7. The number of fused-ring (bicyclic) bond motifs is 3. The van der Waals surface area contributed by atoms with Gasteiger partial charge in [-0.05, 0) is 43.4 Å². The predicted octanol–water partition coefficient (Wildman–Crippen LogP) is 4.35. The first-order valence-corrected chi connectivity index (χ1v) is 10.8. The smallest absolute Gasteiger partial charge is 0.282 e. The number of rotatable bonds is 2. The topological polar surface area (TPSA) is 65.0 Å². The van der Waals surface area contributed by atoms with Crippen molar-refractivity contribution >= 4 is 5.78 Å². The molecule has 5 rings (SSSR count). The summed E-state index contributed by atoms with van der Waals surface area (Å²) in [6.45, 7) is 13.8. The minimum Gasteiger partial charge on any atom is -0.305 e. The molecule has 1 saturated carbocycles. The molecule has 0 aliphatic heterocycles. The van der Waals surface area contributed by atoms with E-state index in [-0.39, 0.29) is 23.0 Å². The Kier molecular flexibility index (Phi) is 4.51. The standard InChI is InChI=1S/C25H25N5O/c1-15-20-8-9-22-24(25(20,3)11-21(26-4)23(15)31)29-16(2)30(22)19-7-5-6-17(10-19)18-12-27-14-28-13-18/h5-7,10,12-15,20-21H,8-9,11H2,1-3H3/t15-,20-,21?,25-/m0/s1. The van der Waals surface area contributed by atoms with E-state index < -0.39 is 6.04 Å². The quantitative estimate of drug-likeness (QED) is 0.588. The van der Waals surface area contributed by atoms with E-state index in [1.807, 2.05) is 32.3 Å². The third-order valence-electron chi connectivity index (χ3n) is 7.34. The van der Waals surface area contributed by atoms with Gasteiger partial charge in [-0.1, -0.05) is 26.0 Å². The van der Waals surface area contributed by atoms with Gasteiger partial charge in [-0.15, -0.1) is 0 Å². The number of hydrogen-bond donors (Lipinski definition) is 0. The zero-order valence-electron chi connectivity index (χ0n) is 18.0. The summed E-state index contributed by atoms with van der Waals surface area (Å²) in [5, 5.41) is 0. The highest BCUT2D eigenvalue weighted by Gasteiger charge is 2.55. The van der Waals surface area contributed by atoms with Crippen molar-refractivity contribution in [2.45, 2.75) is 51.5 Å². The number of Topliss-reactive ketones (excluding diaryl/α,β-unsaturated/α-hetero) is 1.